The van der Waals surface area contributed by atoms with Crippen LogP contribution in [-0.2, 0) is 12.8 Å². The molecule has 1 N–H and O–H groups in total. The van der Waals surface area contributed by atoms with Gasteiger partial charge in [-0.25, -0.2) is 4.98 Å². The summed E-state index contributed by atoms with van der Waals surface area (Å²) in [5.74, 6) is 0.556. The topological polar surface area (TPSA) is 37.8 Å². The van der Waals surface area contributed by atoms with Crippen LogP contribution in [0, 0.1) is 0 Å². The van der Waals surface area contributed by atoms with Gasteiger partial charge in [0.1, 0.15) is 5.02 Å². The fourth-order valence-corrected chi connectivity index (χ4v) is 2.73. The molecule has 1 aromatic heterocycles. The van der Waals surface area contributed by atoms with Crippen LogP contribution >= 0.6 is 23.2 Å². The largest absolute Gasteiger partial charge is 0.339 e. The number of nitrogens with one attached hydrogen (secondary N) is 1. The van der Waals surface area contributed by atoms with E-state index in [-0.39, 0.29) is 5.28 Å². The number of hydrogen-bond donors (Lipinski definition) is 1. The molecular weight excluding hydrogens is 281 g/mol. The number of rotatable bonds is 2. The minimum atomic E-state index is 0.191. The Hall–Kier alpha value is -1.32. The number of hydrogen-bond acceptors (Lipinski definition) is 3. The Labute approximate surface area is 122 Å². The summed E-state index contributed by atoms with van der Waals surface area (Å²) in [7, 11) is 0. The highest BCUT2D eigenvalue weighted by Gasteiger charge is 2.14. The Balaban J connectivity index is 1.97. The van der Waals surface area contributed by atoms with Crippen LogP contribution in [0.1, 0.15) is 24.0 Å². The second kappa shape index (κ2) is 5.35. The van der Waals surface area contributed by atoms with Gasteiger partial charge >= 0.3 is 0 Å². The average Bonchev–Trinajstić information content (AvgIpc) is 2.43. The molecule has 0 atom stereocenters. The summed E-state index contributed by atoms with van der Waals surface area (Å²) >= 11 is 11.9. The summed E-state index contributed by atoms with van der Waals surface area (Å²) in [6.45, 7) is 0. The molecule has 1 aliphatic carbocycles. The minimum Gasteiger partial charge on any atom is -0.339 e. The molecule has 1 heterocycles. The van der Waals surface area contributed by atoms with Gasteiger partial charge in [-0.15, -0.1) is 0 Å². The number of benzene rings is 1. The Kier molecular flexibility index (Phi) is 3.58. The molecule has 0 bridgehead atoms. The molecule has 3 nitrogen and oxygen atoms in total. The zero-order valence-electron chi connectivity index (χ0n) is 10.3. The Morgan fingerprint density at radius 2 is 1.95 bits per heavy atom. The average molecular weight is 294 g/mol. The summed E-state index contributed by atoms with van der Waals surface area (Å²) < 4.78 is 0. The normalized spacial score (nSPS) is 14.0. The number of aromatic nitrogens is 2. The predicted octanol–water partition coefficient (Wildman–Crippen LogP) is 4.41. The Morgan fingerprint density at radius 3 is 2.84 bits per heavy atom. The maximum absolute atomic E-state index is 6.08. The van der Waals surface area contributed by atoms with Gasteiger partial charge in [-0.3, -0.25) is 0 Å². The first-order chi connectivity index (χ1) is 9.24. The number of halogens is 2. The van der Waals surface area contributed by atoms with E-state index < -0.39 is 0 Å². The third-order valence-electron chi connectivity index (χ3n) is 3.36. The number of anilines is 2. The Bertz CT molecular complexity index is 614. The second-order valence-corrected chi connectivity index (χ2v) is 5.36. The first-order valence-corrected chi connectivity index (χ1v) is 7.05. The smallest absolute Gasteiger partial charge is 0.224 e. The highest BCUT2D eigenvalue weighted by Crippen LogP contribution is 2.31. The molecule has 19 heavy (non-hydrogen) atoms. The minimum absolute atomic E-state index is 0.191. The fourth-order valence-electron chi connectivity index (χ4n) is 2.46. The molecule has 0 amide bonds. The van der Waals surface area contributed by atoms with Gasteiger partial charge < -0.3 is 5.32 Å². The van der Waals surface area contributed by atoms with Crippen LogP contribution in [0.3, 0.4) is 0 Å². The lowest BCUT2D eigenvalue weighted by Gasteiger charge is -2.20. The van der Waals surface area contributed by atoms with Crippen LogP contribution < -0.4 is 5.32 Å². The third kappa shape index (κ3) is 2.67. The van der Waals surface area contributed by atoms with Crippen LogP contribution in [0.15, 0.2) is 24.4 Å². The molecule has 0 aliphatic heterocycles. The molecular formula is C14H13Cl2N3. The summed E-state index contributed by atoms with van der Waals surface area (Å²) in [4.78, 5) is 7.98. The van der Waals surface area contributed by atoms with Gasteiger partial charge in [0, 0.05) is 5.69 Å². The SMILES string of the molecule is Clc1ncc(Cl)c(Nc2cccc3c2CCCC3)n1. The lowest BCUT2D eigenvalue weighted by atomic mass is 9.90. The van der Waals surface area contributed by atoms with E-state index in [0.29, 0.717) is 10.8 Å². The van der Waals surface area contributed by atoms with Gasteiger partial charge in [0.15, 0.2) is 5.82 Å². The van der Waals surface area contributed by atoms with Crippen LogP contribution in [0.5, 0.6) is 0 Å². The van der Waals surface area contributed by atoms with Gasteiger partial charge in [0.2, 0.25) is 5.28 Å². The molecule has 0 saturated heterocycles. The van der Waals surface area contributed by atoms with E-state index in [1.165, 1.54) is 30.2 Å². The molecule has 5 heteroatoms. The van der Waals surface area contributed by atoms with Crippen molar-refractivity contribution in [2.75, 3.05) is 5.32 Å². The van der Waals surface area contributed by atoms with Crippen molar-refractivity contribution >= 4 is 34.7 Å². The molecule has 0 fully saturated rings. The quantitative estimate of drug-likeness (QED) is 0.834. The lowest BCUT2D eigenvalue weighted by Crippen LogP contribution is -2.07. The van der Waals surface area contributed by atoms with Crippen LogP contribution in [0.25, 0.3) is 0 Å². The molecule has 0 saturated carbocycles. The second-order valence-electron chi connectivity index (χ2n) is 4.61. The highest BCUT2D eigenvalue weighted by atomic mass is 35.5. The van der Waals surface area contributed by atoms with Crippen molar-refractivity contribution in [3.8, 4) is 0 Å². The van der Waals surface area contributed by atoms with Gasteiger partial charge in [-0.2, -0.15) is 4.98 Å². The zero-order chi connectivity index (χ0) is 13.2. The highest BCUT2D eigenvalue weighted by molar-refractivity contribution is 6.33. The summed E-state index contributed by atoms with van der Waals surface area (Å²) in [5.41, 5.74) is 3.83. The van der Waals surface area contributed by atoms with Gasteiger partial charge in [0.05, 0.1) is 6.20 Å². The van der Waals surface area contributed by atoms with Gasteiger partial charge in [-0.1, -0.05) is 23.7 Å². The molecule has 0 radical (unpaired) electrons. The van der Waals surface area contributed by atoms with Crippen molar-refractivity contribution in [1.82, 2.24) is 9.97 Å². The van der Waals surface area contributed by atoms with Crippen LogP contribution in [-0.4, -0.2) is 9.97 Å². The van der Waals surface area contributed by atoms with Gasteiger partial charge in [0.25, 0.3) is 0 Å². The van der Waals surface area contributed by atoms with E-state index in [2.05, 4.69) is 33.5 Å². The standard InChI is InChI=1S/C14H13Cl2N3/c15-11-8-17-14(16)19-13(11)18-12-7-3-5-9-4-1-2-6-10(9)12/h3,5,7-8H,1-2,4,6H2,(H,17,18,19). The monoisotopic (exact) mass is 293 g/mol. The molecule has 1 aliphatic rings. The van der Waals surface area contributed by atoms with E-state index in [0.717, 1.165) is 18.5 Å². The maximum atomic E-state index is 6.08. The summed E-state index contributed by atoms with van der Waals surface area (Å²) in [5, 5.41) is 3.94. The van der Waals surface area contributed by atoms with E-state index in [1.54, 1.807) is 0 Å². The van der Waals surface area contributed by atoms with Crippen molar-refractivity contribution in [2.45, 2.75) is 25.7 Å². The number of fused-ring (bicyclic) bond motifs is 1. The fraction of sp³-hybridized carbons (Fsp3) is 0.286. The van der Waals surface area contributed by atoms with E-state index in [9.17, 15) is 0 Å². The van der Waals surface area contributed by atoms with Crippen molar-refractivity contribution < 1.29 is 0 Å². The van der Waals surface area contributed by atoms with Gasteiger partial charge in [-0.05, 0) is 54.5 Å². The summed E-state index contributed by atoms with van der Waals surface area (Å²) in [6, 6.07) is 6.30. The molecule has 0 spiro atoms. The first kappa shape index (κ1) is 12.7. The van der Waals surface area contributed by atoms with E-state index in [1.807, 2.05) is 0 Å². The van der Waals surface area contributed by atoms with Crippen molar-refractivity contribution in [1.29, 1.82) is 0 Å². The molecule has 98 valence electrons. The van der Waals surface area contributed by atoms with E-state index in [4.69, 9.17) is 23.2 Å². The molecule has 2 aromatic rings. The molecule has 3 rings (SSSR count). The molecule has 1 aromatic carbocycles. The van der Waals surface area contributed by atoms with Crippen molar-refractivity contribution in [3.63, 3.8) is 0 Å². The van der Waals surface area contributed by atoms with Crippen LogP contribution in [0.4, 0.5) is 11.5 Å². The zero-order valence-corrected chi connectivity index (χ0v) is 11.8. The number of aryl methyl sites for hydroxylation is 1. The Morgan fingerprint density at radius 1 is 1.11 bits per heavy atom. The maximum Gasteiger partial charge on any atom is 0.224 e. The first-order valence-electron chi connectivity index (χ1n) is 6.30. The number of nitrogens with zero attached hydrogens (tertiary/aromatic N) is 2. The summed E-state index contributed by atoms with van der Waals surface area (Å²) in [6.07, 6.45) is 6.23. The third-order valence-corrected chi connectivity index (χ3v) is 3.82. The van der Waals surface area contributed by atoms with Crippen molar-refractivity contribution in [2.24, 2.45) is 0 Å². The molecule has 0 unspecified atom stereocenters. The lowest BCUT2D eigenvalue weighted by molar-refractivity contribution is 0.687. The van der Waals surface area contributed by atoms with Crippen molar-refractivity contribution in [3.05, 3.63) is 45.8 Å². The van der Waals surface area contributed by atoms with Crippen LogP contribution in [0.2, 0.25) is 10.3 Å². The predicted molar refractivity (Wildman–Crippen MR) is 78.4 cm³/mol. The van der Waals surface area contributed by atoms with E-state index >= 15 is 0 Å².